The average Bonchev–Trinajstić information content (AvgIpc) is 3.22. The van der Waals surface area contributed by atoms with Crippen molar-refractivity contribution in [2.24, 2.45) is 0 Å². The minimum Gasteiger partial charge on any atom is -0.496 e. The van der Waals surface area contributed by atoms with Gasteiger partial charge in [-0.25, -0.2) is 0 Å². The summed E-state index contributed by atoms with van der Waals surface area (Å²) >= 11 is 0. The molecular formula is C19H23F3N2O3. The maximum atomic E-state index is 12.3. The number of likely N-dealkylation sites (tertiary alicyclic amines) is 1. The van der Waals surface area contributed by atoms with Crippen LogP contribution in [0, 0.1) is 6.92 Å². The van der Waals surface area contributed by atoms with Crippen molar-refractivity contribution in [3.8, 4) is 5.75 Å². The Hall–Kier alpha value is -2.06. The Labute approximate surface area is 156 Å². The second kappa shape index (κ2) is 8.31. The highest BCUT2D eigenvalue weighted by molar-refractivity contribution is 5.37. The van der Waals surface area contributed by atoms with Crippen molar-refractivity contribution in [1.29, 1.82) is 0 Å². The predicted molar refractivity (Wildman–Crippen MR) is 92.3 cm³/mol. The van der Waals surface area contributed by atoms with Crippen molar-refractivity contribution in [1.82, 2.24) is 10.1 Å². The Morgan fingerprint density at radius 1 is 1.30 bits per heavy atom. The van der Waals surface area contributed by atoms with Crippen LogP contribution in [0.25, 0.3) is 0 Å². The van der Waals surface area contributed by atoms with Crippen molar-refractivity contribution in [3.05, 3.63) is 46.8 Å². The first-order valence-corrected chi connectivity index (χ1v) is 8.83. The van der Waals surface area contributed by atoms with Crippen molar-refractivity contribution < 1.29 is 27.2 Å². The van der Waals surface area contributed by atoms with Crippen LogP contribution < -0.4 is 4.74 Å². The number of ether oxygens (including phenoxy) is 2. The first-order chi connectivity index (χ1) is 12.9. The molecule has 0 amide bonds. The maximum absolute atomic E-state index is 12.3. The maximum Gasteiger partial charge on any atom is 0.411 e. The van der Waals surface area contributed by atoms with Gasteiger partial charge in [0.05, 0.1) is 19.8 Å². The van der Waals surface area contributed by atoms with E-state index in [9.17, 15) is 13.2 Å². The molecule has 27 heavy (non-hydrogen) atoms. The molecule has 1 aromatic carbocycles. The third kappa shape index (κ3) is 5.23. The van der Waals surface area contributed by atoms with Crippen LogP contribution in [0.1, 0.15) is 41.5 Å². The number of nitrogens with zero attached hydrogens (tertiary/aromatic N) is 2. The van der Waals surface area contributed by atoms with E-state index in [4.69, 9.17) is 14.0 Å². The smallest absolute Gasteiger partial charge is 0.411 e. The Morgan fingerprint density at radius 2 is 2.11 bits per heavy atom. The largest absolute Gasteiger partial charge is 0.496 e. The number of hydrogen-bond donors (Lipinski definition) is 0. The lowest BCUT2D eigenvalue weighted by Crippen LogP contribution is -2.23. The van der Waals surface area contributed by atoms with Crippen molar-refractivity contribution in [3.63, 3.8) is 0 Å². The molecule has 1 aromatic heterocycles. The van der Waals surface area contributed by atoms with Gasteiger partial charge in [-0.3, -0.25) is 4.90 Å². The van der Waals surface area contributed by atoms with Gasteiger partial charge in [-0.05, 0) is 44.0 Å². The molecule has 3 rings (SSSR count). The van der Waals surface area contributed by atoms with E-state index < -0.39 is 12.8 Å². The van der Waals surface area contributed by atoms with E-state index in [-0.39, 0.29) is 12.6 Å². The third-order valence-electron chi connectivity index (χ3n) is 4.61. The summed E-state index contributed by atoms with van der Waals surface area (Å²) in [4.78, 5) is 2.31. The van der Waals surface area contributed by atoms with Gasteiger partial charge in [0.2, 0.25) is 0 Å². The summed E-state index contributed by atoms with van der Waals surface area (Å²) in [6, 6.07) is 7.68. The van der Waals surface area contributed by atoms with Crippen LogP contribution in [0.5, 0.6) is 5.75 Å². The van der Waals surface area contributed by atoms with E-state index in [1.165, 1.54) is 7.11 Å². The van der Waals surface area contributed by atoms with Gasteiger partial charge in [0.15, 0.2) is 0 Å². The lowest BCUT2D eigenvalue weighted by Gasteiger charge is -2.23. The van der Waals surface area contributed by atoms with E-state index in [0.717, 1.165) is 36.4 Å². The number of aryl methyl sites for hydroxylation is 1. The number of benzene rings is 1. The molecular weight excluding hydrogens is 361 g/mol. The summed E-state index contributed by atoms with van der Waals surface area (Å²) in [5.41, 5.74) is 2.52. The van der Waals surface area contributed by atoms with Gasteiger partial charge in [-0.1, -0.05) is 11.2 Å². The molecule has 0 unspecified atom stereocenters. The van der Waals surface area contributed by atoms with Crippen LogP contribution in [0.2, 0.25) is 0 Å². The van der Waals surface area contributed by atoms with E-state index in [2.05, 4.69) is 10.1 Å². The van der Waals surface area contributed by atoms with E-state index in [0.29, 0.717) is 17.9 Å². The molecule has 8 heteroatoms. The fraction of sp³-hybridized carbons (Fsp3) is 0.526. The van der Waals surface area contributed by atoms with Gasteiger partial charge in [0.25, 0.3) is 0 Å². The number of alkyl halides is 3. The van der Waals surface area contributed by atoms with Crippen LogP contribution in [0.3, 0.4) is 0 Å². The molecule has 0 radical (unpaired) electrons. The first kappa shape index (κ1) is 19.7. The van der Waals surface area contributed by atoms with E-state index >= 15 is 0 Å². The number of halogens is 3. The Morgan fingerprint density at radius 3 is 2.78 bits per heavy atom. The summed E-state index contributed by atoms with van der Waals surface area (Å²) in [6.45, 7) is 2.05. The zero-order valence-electron chi connectivity index (χ0n) is 15.4. The molecule has 1 aliphatic rings. The standard InChI is InChI=1S/C19H23F3N2O3/c1-13-8-16(23-27-13)17-4-3-7-24(17)10-14-5-6-18(25-2)15(9-14)11-26-12-19(20,21)22/h5-6,8-9,17H,3-4,7,10-12H2,1-2H3/t17-/m1/s1. The summed E-state index contributed by atoms with van der Waals surface area (Å²) in [6.07, 6.45) is -2.28. The van der Waals surface area contributed by atoms with Gasteiger partial charge in [0.1, 0.15) is 23.8 Å². The van der Waals surface area contributed by atoms with Gasteiger partial charge < -0.3 is 14.0 Å². The lowest BCUT2D eigenvalue weighted by atomic mass is 10.1. The normalized spacial score (nSPS) is 18.2. The number of methoxy groups -OCH3 is 1. The fourth-order valence-electron chi connectivity index (χ4n) is 3.45. The number of hydrogen-bond acceptors (Lipinski definition) is 5. The predicted octanol–water partition coefficient (Wildman–Crippen LogP) is 4.41. The van der Waals surface area contributed by atoms with Gasteiger partial charge in [0, 0.05) is 18.2 Å². The minimum absolute atomic E-state index is 0.150. The highest BCUT2D eigenvalue weighted by atomic mass is 19.4. The molecule has 148 valence electrons. The number of rotatable bonds is 7. The highest BCUT2D eigenvalue weighted by Crippen LogP contribution is 2.33. The average molecular weight is 384 g/mol. The molecule has 1 fully saturated rings. The fourth-order valence-corrected chi connectivity index (χ4v) is 3.45. The quantitative estimate of drug-likeness (QED) is 0.708. The summed E-state index contributed by atoms with van der Waals surface area (Å²) in [7, 11) is 1.49. The first-order valence-electron chi connectivity index (χ1n) is 8.83. The Kier molecular flexibility index (Phi) is 6.06. The zero-order valence-corrected chi connectivity index (χ0v) is 15.4. The molecule has 1 aliphatic heterocycles. The van der Waals surface area contributed by atoms with Crippen LogP contribution in [0.4, 0.5) is 13.2 Å². The van der Waals surface area contributed by atoms with Crippen molar-refractivity contribution in [2.45, 2.75) is 45.1 Å². The molecule has 0 bridgehead atoms. The highest BCUT2D eigenvalue weighted by Gasteiger charge is 2.29. The molecule has 2 aromatic rings. The molecule has 0 N–H and O–H groups in total. The van der Waals surface area contributed by atoms with Gasteiger partial charge in [-0.2, -0.15) is 13.2 Å². The molecule has 0 aliphatic carbocycles. The summed E-state index contributed by atoms with van der Waals surface area (Å²) in [5, 5.41) is 4.13. The van der Waals surface area contributed by atoms with E-state index in [1.807, 2.05) is 25.1 Å². The van der Waals surface area contributed by atoms with Gasteiger partial charge in [-0.15, -0.1) is 0 Å². The van der Waals surface area contributed by atoms with E-state index in [1.54, 1.807) is 6.07 Å². The molecule has 1 atom stereocenters. The van der Waals surface area contributed by atoms with Gasteiger partial charge >= 0.3 is 6.18 Å². The second-order valence-electron chi connectivity index (χ2n) is 6.75. The molecule has 0 saturated carbocycles. The summed E-state index contributed by atoms with van der Waals surface area (Å²) in [5.74, 6) is 1.30. The zero-order chi connectivity index (χ0) is 19.4. The van der Waals surface area contributed by atoms with Crippen LogP contribution in [0.15, 0.2) is 28.8 Å². The van der Waals surface area contributed by atoms with Crippen LogP contribution in [-0.4, -0.2) is 36.5 Å². The number of aromatic nitrogens is 1. The van der Waals surface area contributed by atoms with Crippen LogP contribution in [-0.2, 0) is 17.9 Å². The second-order valence-corrected chi connectivity index (χ2v) is 6.75. The topological polar surface area (TPSA) is 47.7 Å². The monoisotopic (exact) mass is 384 g/mol. The van der Waals surface area contributed by atoms with Crippen molar-refractivity contribution >= 4 is 0 Å². The lowest BCUT2D eigenvalue weighted by molar-refractivity contribution is -0.176. The van der Waals surface area contributed by atoms with Crippen LogP contribution >= 0.6 is 0 Å². The Balaban J connectivity index is 1.69. The van der Waals surface area contributed by atoms with Crippen molar-refractivity contribution in [2.75, 3.05) is 20.3 Å². The minimum atomic E-state index is -4.34. The molecule has 0 spiro atoms. The SMILES string of the molecule is COc1ccc(CN2CCC[C@@H]2c2cc(C)on2)cc1COCC(F)(F)F. The Bertz CT molecular complexity index is 761. The third-order valence-corrected chi connectivity index (χ3v) is 4.61. The molecule has 2 heterocycles. The molecule has 5 nitrogen and oxygen atoms in total. The summed E-state index contributed by atoms with van der Waals surface area (Å²) < 4.78 is 52.2. The molecule has 1 saturated heterocycles.